The lowest BCUT2D eigenvalue weighted by atomic mass is 10.1. The Labute approximate surface area is 186 Å². The molecule has 0 radical (unpaired) electrons. The van der Waals surface area contributed by atoms with Crippen LogP contribution in [0.4, 0.5) is 11.5 Å². The number of carbonyl (C=O) groups excluding carboxylic acids is 2. The van der Waals surface area contributed by atoms with Gasteiger partial charge < -0.3 is 19.9 Å². The standard InChI is InChI=1S/C25H24N4O3/c30-24(22-17-18-6-1-2-9-21(18)32-22)27-20-8-5-7-19(16-20)25(31)29-14-12-28(13-15-29)23-10-3-4-11-26-23/h1-11,16,22H,12-15,17H2,(H,27,30). The molecule has 0 spiro atoms. The Bertz CT molecular complexity index is 1100. The Balaban J connectivity index is 1.20. The van der Waals surface area contributed by atoms with Gasteiger partial charge >= 0.3 is 0 Å². The summed E-state index contributed by atoms with van der Waals surface area (Å²) in [6, 6.07) is 20.6. The van der Waals surface area contributed by atoms with Gasteiger partial charge in [-0.1, -0.05) is 30.3 Å². The van der Waals surface area contributed by atoms with E-state index >= 15 is 0 Å². The Morgan fingerprint density at radius 2 is 1.75 bits per heavy atom. The summed E-state index contributed by atoms with van der Waals surface area (Å²) >= 11 is 0. The van der Waals surface area contributed by atoms with Crippen LogP contribution in [-0.2, 0) is 11.2 Å². The molecule has 1 N–H and O–H groups in total. The maximum atomic E-state index is 13.0. The Hall–Kier alpha value is -3.87. The van der Waals surface area contributed by atoms with Crippen LogP contribution in [0, 0.1) is 0 Å². The highest BCUT2D eigenvalue weighted by molar-refractivity contribution is 5.98. The minimum absolute atomic E-state index is 0.0358. The normalized spacial score (nSPS) is 17.4. The molecule has 1 atom stereocenters. The predicted molar refractivity (Wildman–Crippen MR) is 122 cm³/mol. The maximum Gasteiger partial charge on any atom is 0.265 e. The number of benzene rings is 2. The van der Waals surface area contributed by atoms with Crippen molar-refractivity contribution in [2.45, 2.75) is 12.5 Å². The van der Waals surface area contributed by atoms with Gasteiger partial charge in [0.25, 0.3) is 11.8 Å². The zero-order valence-corrected chi connectivity index (χ0v) is 17.6. The lowest BCUT2D eigenvalue weighted by Crippen LogP contribution is -2.49. The number of aromatic nitrogens is 1. The van der Waals surface area contributed by atoms with E-state index in [1.807, 2.05) is 47.4 Å². The van der Waals surface area contributed by atoms with E-state index in [1.165, 1.54) is 0 Å². The molecule has 1 fully saturated rings. The molecule has 2 aliphatic rings. The molecule has 0 aliphatic carbocycles. The Morgan fingerprint density at radius 1 is 0.938 bits per heavy atom. The zero-order chi connectivity index (χ0) is 21.9. The lowest BCUT2D eigenvalue weighted by molar-refractivity contribution is -0.122. The van der Waals surface area contributed by atoms with Gasteiger partial charge in [-0.3, -0.25) is 9.59 Å². The van der Waals surface area contributed by atoms with Crippen molar-refractivity contribution in [3.8, 4) is 5.75 Å². The minimum Gasteiger partial charge on any atom is -0.480 e. The van der Waals surface area contributed by atoms with Gasteiger partial charge in [0, 0.05) is 50.0 Å². The van der Waals surface area contributed by atoms with E-state index in [0.29, 0.717) is 30.8 Å². The van der Waals surface area contributed by atoms with Crippen LogP contribution in [0.15, 0.2) is 72.9 Å². The average molecular weight is 428 g/mol. The van der Waals surface area contributed by atoms with Crippen LogP contribution < -0.4 is 15.0 Å². The molecule has 5 rings (SSSR count). The number of para-hydroxylation sites is 1. The summed E-state index contributed by atoms with van der Waals surface area (Å²) in [6.45, 7) is 2.72. The van der Waals surface area contributed by atoms with E-state index in [0.717, 1.165) is 30.2 Å². The van der Waals surface area contributed by atoms with Crippen molar-refractivity contribution in [3.05, 3.63) is 84.1 Å². The summed E-state index contributed by atoms with van der Waals surface area (Å²) in [6.07, 6.45) is 1.76. The number of pyridine rings is 1. The molecule has 2 aliphatic heterocycles. The van der Waals surface area contributed by atoms with Crippen molar-refractivity contribution in [2.24, 2.45) is 0 Å². The molecule has 3 heterocycles. The van der Waals surface area contributed by atoms with Crippen LogP contribution in [0.2, 0.25) is 0 Å². The van der Waals surface area contributed by atoms with Gasteiger partial charge in [0.05, 0.1) is 0 Å². The molecule has 162 valence electrons. The molecular formula is C25H24N4O3. The highest BCUT2D eigenvalue weighted by Gasteiger charge is 2.29. The van der Waals surface area contributed by atoms with E-state index in [4.69, 9.17) is 4.74 Å². The number of piperazine rings is 1. The van der Waals surface area contributed by atoms with Crippen molar-refractivity contribution in [3.63, 3.8) is 0 Å². The molecular weight excluding hydrogens is 404 g/mol. The number of carbonyl (C=O) groups is 2. The Kier molecular flexibility index (Phi) is 5.46. The van der Waals surface area contributed by atoms with Crippen molar-refractivity contribution >= 4 is 23.3 Å². The molecule has 0 saturated carbocycles. The third-order valence-corrected chi connectivity index (χ3v) is 5.86. The van der Waals surface area contributed by atoms with Crippen molar-refractivity contribution < 1.29 is 14.3 Å². The second-order valence-corrected chi connectivity index (χ2v) is 7.96. The summed E-state index contributed by atoms with van der Waals surface area (Å²) in [5.74, 6) is 1.43. The maximum absolute atomic E-state index is 13.0. The third-order valence-electron chi connectivity index (χ3n) is 5.86. The monoisotopic (exact) mass is 428 g/mol. The molecule has 32 heavy (non-hydrogen) atoms. The summed E-state index contributed by atoms with van der Waals surface area (Å²) in [5, 5.41) is 2.89. The fourth-order valence-corrected chi connectivity index (χ4v) is 4.14. The van der Waals surface area contributed by atoms with Gasteiger partial charge in [0.15, 0.2) is 6.10 Å². The molecule has 2 aromatic carbocycles. The number of hydrogen-bond donors (Lipinski definition) is 1. The van der Waals surface area contributed by atoms with Crippen molar-refractivity contribution in [2.75, 3.05) is 36.4 Å². The van der Waals surface area contributed by atoms with Gasteiger partial charge in [-0.05, 0) is 42.0 Å². The number of rotatable bonds is 4. The minimum atomic E-state index is -0.563. The zero-order valence-electron chi connectivity index (χ0n) is 17.6. The smallest absolute Gasteiger partial charge is 0.265 e. The molecule has 1 aromatic heterocycles. The molecule has 1 saturated heterocycles. The first-order valence-electron chi connectivity index (χ1n) is 10.8. The fourth-order valence-electron chi connectivity index (χ4n) is 4.14. The third kappa shape index (κ3) is 4.14. The van der Waals surface area contributed by atoms with E-state index in [-0.39, 0.29) is 11.8 Å². The molecule has 7 nitrogen and oxygen atoms in total. The van der Waals surface area contributed by atoms with E-state index in [2.05, 4.69) is 15.2 Å². The van der Waals surface area contributed by atoms with Gasteiger partial charge in [0.1, 0.15) is 11.6 Å². The van der Waals surface area contributed by atoms with Crippen molar-refractivity contribution in [1.29, 1.82) is 0 Å². The van der Waals surface area contributed by atoms with Crippen LogP contribution in [0.3, 0.4) is 0 Å². The first-order chi connectivity index (χ1) is 15.7. The van der Waals surface area contributed by atoms with Crippen LogP contribution in [0.25, 0.3) is 0 Å². The quantitative estimate of drug-likeness (QED) is 0.692. The second kappa shape index (κ2) is 8.70. The first kappa shape index (κ1) is 20.1. The largest absolute Gasteiger partial charge is 0.480 e. The molecule has 1 unspecified atom stereocenters. The number of ether oxygens (including phenoxy) is 1. The molecule has 7 heteroatoms. The first-order valence-corrected chi connectivity index (χ1v) is 10.8. The number of fused-ring (bicyclic) bond motifs is 1. The number of nitrogens with zero attached hydrogens (tertiary/aromatic N) is 3. The lowest BCUT2D eigenvalue weighted by Gasteiger charge is -2.35. The predicted octanol–water partition coefficient (Wildman–Crippen LogP) is 2.99. The van der Waals surface area contributed by atoms with E-state index in [1.54, 1.807) is 30.5 Å². The van der Waals surface area contributed by atoms with Crippen LogP contribution in [0.1, 0.15) is 15.9 Å². The van der Waals surface area contributed by atoms with Crippen LogP contribution in [0.5, 0.6) is 5.75 Å². The van der Waals surface area contributed by atoms with E-state index in [9.17, 15) is 9.59 Å². The van der Waals surface area contributed by atoms with Gasteiger partial charge in [0.2, 0.25) is 0 Å². The molecule has 3 aromatic rings. The molecule has 2 amide bonds. The van der Waals surface area contributed by atoms with Gasteiger partial charge in [-0.15, -0.1) is 0 Å². The molecule has 0 bridgehead atoms. The van der Waals surface area contributed by atoms with E-state index < -0.39 is 6.10 Å². The van der Waals surface area contributed by atoms with Gasteiger partial charge in [-0.25, -0.2) is 4.98 Å². The van der Waals surface area contributed by atoms with Crippen LogP contribution >= 0.6 is 0 Å². The Morgan fingerprint density at radius 3 is 2.53 bits per heavy atom. The second-order valence-electron chi connectivity index (χ2n) is 7.96. The van der Waals surface area contributed by atoms with Crippen LogP contribution in [-0.4, -0.2) is 54.0 Å². The topological polar surface area (TPSA) is 74.8 Å². The summed E-state index contributed by atoms with van der Waals surface area (Å²) in [5.41, 5.74) is 2.18. The van der Waals surface area contributed by atoms with Crippen molar-refractivity contribution in [1.82, 2.24) is 9.88 Å². The SMILES string of the molecule is O=C(Nc1cccc(C(=O)N2CCN(c3ccccn3)CC2)c1)C1Cc2ccccc2O1. The number of amides is 2. The number of nitrogens with one attached hydrogen (secondary N) is 1. The number of anilines is 2. The van der Waals surface area contributed by atoms with Gasteiger partial charge in [-0.2, -0.15) is 0 Å². The highest BCUT2D eigenvalue weighted by atomic mass is 16.5. The summed E-state index contributed by atoms with van der Waals surface area (Å²) in [7, 11) is 0. The average Bonchev–Trinajstić information content (AvgIpc) is 3.29. The highest BCUT2D eigenvalue weighted by Crippen LogP contribution is 2.28. The number of hydrogen-bond acceptors (Lipinski definition) is 5. The fraction of sp³-hybridized carbons (Fsp3) is 0.240. The summed E-state index contributed by atoms with van der Waals surface area (Å²) in [4.78, 5) is 34.1. The summed E-state index contributed by atoms with van der Waals surface area (Å²) < 4.78 is 5.76.